The van der Waals surface area contributed by atoms with Gasteiger partial charge >= 0.3 is 0 Å². The fraction of sp³-hybridized carbons (Fsp3) is 0.240. The second kappa shape index (κ2) is 9.04. The van der Waals surface area contributed by atoms with Gasteiger partial charge in [-0.1, -0.05) is 48.5 Å². The lowest BCUT2D eigenvalue weighted by molar-refractivity contribution is -0.123. The summed E-state index contributed by atoms with van der Waals surface area (Å²) >= 11 is 0. The van der Waals surface area contributed by atoms with Gasteiger partial charge in [0, 0.05) is 18.3 Å². The van der Waals surface area contributed by atoms with Crippen LogP contribution in [0.4, 0.5) is 5.69 Å². The number of benzene rings is 3. The van der Waals surface area contributed by atoms with Crippen LogP contribution in [0.25, 0.3) is 0 Å². The Kier molecular flexibility index (Phi) is 6.19. The molecular weight excluding hydrogens is 424 g/mol. The first kappa shape index (κ1) is 21.9. The molecule has 3 aromatic carbocycles. The van der Waals surface area contributed by atoms with Crippen molar-refractivity contribution in [2.45, 2.75) is 29.6 Å². The van der Waals surface area contributed by atoms with Crippen molar-refractivity contribution >= 4 is 21.6 Å². The van der Waals surface area contributed by atoms with Crippen LogP contribution >= 0.6 is 0 Å². The van der Waals surface area contributed by atoms with Gasteiger partial charge in [0.2, 0.25) is 5.91 Å². The summed E-state index contributed by atoms with van der Waals surface area (Å²) in [5, 5.41) is 3.06. The molecule has 1 amide bonds. The van der Waals surface area contributed by atoms with Crippen molar-refractivity contribution in [3.63, 3.8) is 0 Å². The molecule has 166 valence electrons. The van der Waals surface area contributed by atoms with Gasteiger partial charge in [-0.25, -0.2) is 8.42 Å². The number of ether oxygens (including phenoxy) is 1. The number of amides is 1. The highest BCUT2D eigenvalue weighted by molar-refractivity contribution is 7.92. The minimum Gasteiger partial charge on any atom is -0.497 e. The van der Waals surface area contributed by atoms with Crippen molar-refractivity contribution in [2.75, 3.05) is 18.4 Å². The third-order valence-electron chi connectivity index (χ3n) is 5.77. The van der Waals surface area contributed by atoms with Gasteiger partial charge in [-0.3, -0.25) is 9.52 Å². The molecule has 0 aromatic heterocycles. The SMILES string of the molecule is COc1cccc(S(=O)(=O)Nc2ccc(C3(C(=O)NCCc4ccccc4)CC3)cc2)c1. The van der Waals surface area contributed by atoms with Crippen LogP contribution in [0, 0.1) is 0 Å². The number of carbonyl (C=O) groups is 1. The van der Waals surface area contributed by atoms with Gasteiger partial charge in [0.15, 0.2) is 0 Å². The summed E-state index contributed by atoms with van der Waals surface area (Å²) in [7, 11) is -2.25. The van der Waals surface area contributed by atoms with E-state index < -0.39 is 15.4 Å². The van der Waals surface area contributed by atoms with Gasteiger partial charge < -0.3 is 10.1 Å². The zero-order valence-electron chi connectivity index (χ0n) is 17.9. The van der Waals surface area contributed by atoms with Gasteiger partial charge in [0.25, 0.3) is 10.0 Å². The predicted molar refractivity (Wildman–Crippen MR) is 124 cm³/mol. The van der Waals surface area contributed by atoms with Crippen molar-refractivity contribution in [3.8, 4) is 5.75 Å². The standard InChI is InChI=1S/C25H26N2O4S/c1-31-22-8-5-9-23(18-22)32(29,30)27-21-12-10-20(11-13-21)25(15-16-25)24(28)26-17-14-19-6-3-2-4-7-19/h2-13,18,27H,14-17H2,1H3,(H,26,28). The summed E-state index contributed by atoms with van der Waals surface area (Å²) in [6, 6.07) is 23.4. The summed E-state index contributed by atoms with van der Waals surface area (Å²) in [5.41, 5.74) is 2.02. The summed E-state index contributed by atoms with van der Waals surface area (Å²) < 4.78 is 33.0. The average Bonchev–Trinajstić information content (AvgIpc) is 3.62. The first-order valence-electron chi connectivity index (χ1n) is 10.5. The Morgan fingerprint density at radius 1 is 0.969 bits per heavy atom. The molecule has 4 rings (SSSR count). The maximum Gasteiger partial charge on any atom is 0.262 e. The number of methoxy groups -OCH3 is 1. The smallest absolute Gasteiger partial charge is 0.262 e. The van der Waals surface area contributed by atoms with E-state index >= 15 is 0 Å². The van der Waals surface area contributed by atoms with E-state index in [1.54, 1.807) is 24.3 Å². The number of hydrogen-bond donors (Lipinski definition) is 2. The van der Waals surface area contributed by atoms with E-state index in [-0.39, 0.29) is 10.8 Å². The molecule has 7 heteroatoms. The lowest BCUT2D eigenvalue weighted by Crippen LogP contribution is -2.35. The van der Waals surface area contributed by atoms with Crippen molar-refractivity contribution < 1.29 is 17.9 Å². The van der Waals surface area contributed by atoms with E-state index in [9.17, 15) is 13.2 Å². The zero-order valence-corrected chi connectivity index (χ0v) is 18.7. The van der Waals surface area contributed by atoms with Crippen molar-refractivity contribution in [1.29, 1.82) is 0 Å². The molecule has 1 fully saturated rings. The Morgan fingerprint density at radius 3 is 2.34 bits per heavy atom. The number of sulfonamides is 1. The monoisotopic (exact) mass is 450 g/mol. The van der Waals surface area contributed by atoms with Gasteiger partial charge in [0.1, 0.15) is 5.75 Å². The molecule has 3 aromatic rings. The molecule has 0 unspecified atom stereocenters. The summed E-state index contributed by atoms with van der Waals surface area (Å²) in [6.07, 6.45) is 2.37. The number of rotatable bonds is 9. The maximum absolute atomic E-state index is 12.8. The molecule has 0 bridgehead atoms. The number of nitrogens with one attached hydrogen (secondary N) is 2. The van der Waals surface area contributed by atoms with E-state index in [4.69, 9.17) is 4.74 Å². The maximum atomic E-state index is 12.8. The lowest BCUT2D eigenvalue weighted by atomic mass is 9.94. The molecule has 1 saturated carbocycles. The second-order valence-electron chi connectivity index (χ2n) is 7.94. The van der Waals surface area contributed by atoms with Crippen LogP contribution in [0.5, 0.6) is 5.75 Å². The van der Waals surface area contributed by atoms with Crippen LogP contribution in [0.2, 0.25) is 0 Å². The average molecular weight is 451 g/mol. The van der Waals surface area contributed by atoms with Crippen molar-refractivity contribution in [1.82, 2.24) is 5.32 Å². The Balaban J connectivity index is 1.40. The fourth-order valence-corrected chi connectivity index (χ4v) is 4.84. The molecule has 6 nitrogen and oxygen atoms in total. The van der Waals surface area contributed by atoms with Crippen LogP contribution in [0.15, 0.2) is 83.8 Å². The Hall–Kier alpha value is -3.32. The van der Waals surface area contributed by atoms with Gasteiger partial charge in [-0.05, 0) is 54.7 Å². The molecule has 0 atom stereocenters. The number of hydrogen-bond acceptors (Lipinski definition) is 4. The molecule has 1 aliphatic rings. The quantitative estimate of drug-likeness (QED) is 0.518. The van der Waals surface area contributed by atoms with Crippen LogP contribution in [0.3, 0.4) is 0 Å². The molecule has 2 N–H and O–H groups in total. The van der Waals surface area contributed by atoms with Gasteiger partial charge in [0.05, 0.1) is 17.4 Å². The minimum absolute atomic E-state index is 0.0261. The Labute approximate surface area is 188 Å². The van der Waals surface area contributed by atoms with Crippen molar-refractivity contribution in [3.05, 3.63) is 90.0 Å². The Morgan fingerprint density at radius 2 is 1.69 bits per heavy atom. The van der Waals surface area contributed by atoms with E-state index in [0.717, 1.165) is 24.8 Å². The van der Waals surface area contributed by atoms with Crippen LogP contribution < -0.4 is 14.8 Å². The topological polar surface area (TPSA) is 84.5 Å². The van der Waals surface area contributed by atoms with E-state index in [2.05, 4.69) is 10.0 Å². The number of carbonyl (C=O) groups excluding carboxylic acids is 1. The third-order valence-corrected chi connectivity index (χ3v) is 7.15. The fourth-order valence-electron chi connectivity index (χ4n) is 3.75. The first-order chi connectivity index (χ1) is 15.4. The molecule has 0 spiro atoms. The van der Waals surface area contributed by atoms with Gasteiger partial charge in [-0.2, -0.15) is 0 Å². The third kappa shape index (κ3) is 4.78. The molecule has 1 aliphatic carbocycles. The summed E-state index contributed by atoms with van der Waals surface area (Å²) in [5.74, 6) is 0.496. The van der Waals surface area contributed by atoms with Crippen molar-refractivity contribution in [2.24, 2.45) is 0 Å². The highest BCUT2D eigenvalue weighted by atomic mass is 32.2. The molecule has 32 heavy (non-hydrogen) atoms. The first-order valence-corrected chi connectivity index (χ1v) is 12.0. The molecule has 0 radical (unpaired) electrons. The van der Waals surface area contributed by atoms with Gasteiger partial charge in [-0.15, -0.1) is 0 Å². The predicted octanol–water partition coefficient (Wildman–Crippen LogP) is 3.89. The highest BCUT2D eigenvalue weighted by Gasteiger charge is 2.51. The molecule has 0 saturated heterocycles. The molecular formula is C25H26N2O4S. The highest BCUT2D eigenvalue weighted by Crippen LogP contribution is 2.48. The van der Waals surface area contributed by atoms with Crippen LogP contribution in [-0.4, -0.2) is 28.0 Å². The summed E-state index contributed by atoms with van der Waals surface area (Å²) in [6.45, 7) is 0.586. The zero-order chi connectivity index (χ0) is 22.6. The second-order valence-corrected chi connectivity index (χ2v) is 9.62. The van der Waals surface area contributed by atoms with Crippen LogP contribution in [-0.2, 0) is 26.7 Å². The largest absolute Gasteiger partial charge is 0.497 e. The minimum atomic E-state index is -3.74. The van der Waals surface area contributed by atoms with Crippen LogP contribution in [0.1, 0.15) is 24.0 Å². The Bertz CT molecular complexity index is 1190. The summed E-state index contributed by atoms with van der Waals surface area (Å²) in [4.78, 5) is 13.0. The van der Waals surface area contributed by atoms with E-state index in [0.29, 0.717) is 18.0 Å². The number of anilines is 1. The normalized spacial score (nSPS) is 14.4. The molecule has 0 heterocycles. The van der Waals surface area contributed by atoms with E-state index in [1.807, 2.05) is 42.5 Å². The van der Waals surface area contributed by atoms with E-state index in [1.165, 1.54) is 24.8 Å². The molecule has 0 aliphatic heterocycles. The lowest BCUT2D eigenvalue weighted by Gasteiger charge is -2.17.